The Hall–Kier alpha value is -1.85. The van der Waals surface area contributed by atoms with Gasteiger partial charge in [0.1, 0.15) is 12.6 Å². The van der Waals surface area contributed by atoms with Gasteiger partial charge in [-0.15, -0.1) is 0 Å². The van der Waals surface area contributed by atoms with Crippen molar-refractivity contribution in [1.29, 1.82) is 0 Å². The maximum absolute atomic E-state index is 13.5. The number of hydrogen-bond donors (Lipinski definition) is 1. The first-order valence-corrected chi connectivity index (χ1v) is 13.6. The zero-order valence-electron chi connectivity index (χ0n) is 19.3. The van der Waals surface area contributed by atoms with E-state index in [0.717, 1.165) is 14.1 Å². The van der Waals surface area contributed by atoms with Crippen molar-refractivity contribution in [2.24, 2.45) is 0 Å². The second-order valence-electron chi connectivity index (χ2n) is 8.77. The van der Waals surface area contributed by atoms with Gasteiger partial charge in [-0.1, -0.05) is 29.8 Å². The third-order valence-corrected chi connectivity index (χ3v) is 6.99. The van der Waals surface area contributed by atoms with Gasteiger partial charge >= 0.3 is 0 Å². The van der Waals surface area contributed by atoms with Crippen molar-refractivity contribution in [3.05, 3.63) is 62.7 Å². The Morgan fingerprint density at radius 1 is 1.09 bits per heavy atom. The standard InChI is InChI=1S/C23H29ClIN3O4S/c1-16(22(30)26-23(2,3)4)27(14-17-8-6-7-9-20(17)24)21(29)15-28(33(5,31)32)19-12-10-18(25)11-13-19/h6-13,16H,14-15H2,1-5H3,(H,26,30). The third-order valence-electron chi connectivity index (χ3n) is 4.76. The molecule has 0 radical (unpaired) electrons. The van der Waals surface area contributed by atoms with Gasteiger partial charge < -0.3 is 10.2 Å². The topological polar surface area (TPSA) is 86.8 Å². The summed E-state index contributed by atoms with van der Waals surface area (Å²) in [5.74, 6) is -0.862. The van der Waals surface area contributed by atoms with Crippen molar-refractivity contribution in [1.82, 2.24) is 10.2 Å². The van der Waals surface area contributed by atoms with Crippen LogP contribution in [0.15, 0.2) is 48.5 Å². The lowest BCUT2D eigenvalue weighted by Gasteiger charge is -2.33. The quantitative estimate of drug-likeness (QED) is 0.460. The summed E-state index contributed by atoms with van der Waals surface area (Å²) in [7, 11) is -3.76. The minimum atomic E-state index is -3.76. The highest BCUT2D eigenvalue weighted by atomic mass is 127. The van der Waals surface area contributed by atoms with Crippen molar-refractivity contribution in [3.8, 4) is 0 Å². The van der Waals surface area contributed by atoms with Crippen molar-refractivity contribution in [2.45, 2.75) is 45.8 Å². The maximum atomic E-state index is 13.5. The van der Waals surface area contributed by atoms with Crippen molar-refractivity contribution in [3.63, 3.8) is 0 Å². The van der Waals surface area contributed by atoms with E-state index in [1.165, 1.54) is 4.90 Å². The number of hydrogen-bond acceptors (Lipinski definition) is 4. The summed E-state index contributed by atoms with van der Waals surface area (Å²) < 4.78 is 27.0. The van der Waals surface area contributed by atoms with E-state index in [2.05, 4.69) is 27.9 Å². The zero-order chi connectivity index (χ0) is 25.0. The van der Waals surface area contributed by atoms with E-state index in [1.54, 1.807) is 55.5 Å². The number of halogens is 2. The first-order chi connectivity index (χ1) is 15.2. The number of anilines is 1. The van der Waals surface area contributed by atoms with Gasteiger partial charge in [-0.3, -0.25) is 13.9 Å². The van der Waals surface area contributed by atoms with Gasteiger partial charge in [0, 0.05) is 20.7 Å². The molecule has 1 atom stereocenters. The summed E-state index contributed by atoms with van der Waals surface area (Å²) in [6.07, 6.45) is 1.05. The van der Waals surface area contributed by atoms with Crippen LogP contribution in [-0.4, -0.2) is 49.5 Å². The van der Waals surface area contributed by atoms with Crippen LogP contribution < -0.4 is 9.62 Å². The molecule has 0 saturated heterocycles. The Balaban J connectivity index is 2.41. The van der Waals surface area contributed by atoms with E-state index in [-0.39, 0.29) is 12.5 Å². The van der Waals surface area contributed by atoms with Crippen molar-refractivity contribution < 1.29 is 18.0 Å². The average Bonchev–Trinajstić information content (AvgIpc) is 2.69. The van der Waals surface area contributed by atoms with E-state index >= 15 is 0 Å². The van der Waals surface area contributed by atoms with Gasteiger partial charge in [0.05, 0.1) is 11.9 Å². The Labute approximate surface area is 214 Å². The summed E-state index contributed by atoms with van der Waals surface area (Å²) in [6, 6.07) is 13.0. The smallest absolute Gasteiger partial charge is 0.244 e. The van der Waals surface area contributed by atoms with Gasteiger partial charge in [-0.2, -0.15) is 0 Å². The van der Waals surface area contributed by atoms with Gasteiger partial charge in [0.25, 0.3) is 0 Å². The molecule has 2 aromatic rings. The second kappa shape index (κ2) is 11.1. The van der Waals surface area contributed by atoms with Crippen LogP contribution in [0.3, 0.4) is 0 Å². The van der Waals surface area contributed by atoms with Crippen LogP contribution in [0.4, 0.5) is 5.69 Å². The fourth-order valence-electron chi connectivity index (χ4n) is 3.09. The number of carbonyl (C=O) groups excluding carboxylic acids is 2. The lowest BCUT2D eigenvalue weighted by molar-refractivity contribution is -0.140. The number of nitrogens with one attached hydrogen (secondary N) is 1. The van der Waals surface area contributed by atoms with E-state index in [9.17, 15) is 18.0 Å². The van der Waals surface area contributed by atoms with Crippen LogP contribution in [0.5, 0.6) is 0 Å². The van der Waals surface area contributed by atoms with Crippen LogP contribution in [0.2, 0.25) is 5.02 Å². The number of carbonyl (C=O) groups is 2. The summed E-state index contributed by atoms with van der Waals surface area (Å²) >= 11 is 8.43. The monoisotopic (exact) mass is 605 g/mol. The minimum absolute atomic E-state index is 0.0571. The molecule has 0 aromatic heterocycles. The summed E-state index contributed by atoms with van der Waals surface area (Å²) in [4.78, 5) is 27.7. The molecule has 33 heavy (non-hydrogen) atoms. The lowest BCUT2D eigenvalue weighted by atomic mass is 10.1. The molecular weight excluding hydrogens is 577 g/mol. The van der Waals surface area contributed by atoms with Crippen LogP contribution in [0, 0.1) is 3.57 Å². The van der Waals surface area contributed by atoms with Gasteiger partial charge in [0.2, 0.25) is 21.8 Å². The van der Waals surface area contributed by atoms with E-state index in [4.69, 9.17) is 11.6 Å². The molecule has 0 aliphatic rings. The molecule has 0 bridgehead atoms. The molecule has 0 saturated carbocycles. The van der Waals surface area contributed by atoms with E-state index in [1.807, 2.05) is 20.8 Å². The van der Waals surface area contributed by atoms with Crippen LogP contribution in [0.1, 0.15) is 33.3 Å². The first-order valence-electron chi connectivity index (χ1n) is 10.3. The highest BCUT2D eigenvalue weighted by Crippen LogP contribution is 2.22. The van der Waals surface area contributed by atoms with Crippen LogP contribution >= 0.6 is 34.2 Å². The molecule has 1 unspecified atom stereocenters. The number of nitrogens with zero attached hydrogens (tertiary/aromatic N) is 2. The molecule has 7 nitrogen and oxygen atoms in total. The molecular formula is C23H29ClIN3O4S. The molecule has 180 valence electrons. The van der Waals surface area contributed by atoms with E-state index < -0.39 is 34.1 Å². The number of rotatable bonds is 8. The lowest BCUT2D eigenvalue weighted by Crippen LogP contribution is -2.54. The Morgan fingerprint density at radius 3 is 2.18 bits per heavy atom. The van der Waals surface area contributed by atoms with Crippen LogP contribution in [0.25, 0.3) is 0 Å². The molecule has 1 N–H and O–H groups in total. The molecule has 0 heterocycles. The highest BCUT2D eigenvalue weighted by molar-refractivity contribution is 14.1. The molecule has 10 heteroatoms. The zero-order valence-corrected chi connectivity index (χ0v) is 23.0. The Morgan fingerprint density at radius 2 is 1.67 bits per heavy atom. The average molecular weight is 606 g/mol. The largest absolute Gasteiger partial charge is 0.350 e. The molecule has 0 spiro atoms. The molecule has 2 aromatic carbocycles. The third kappa shape index (κ3) is 8.15. The van der Waals surface area contributed by atoms with Crippen LogP contribution in [-0.2, 0) is 26.2 Å². The van der Waals surface area contributed by atoms with Gasteiger partial charge in [-0.25, -0.2) is 8.42 Å². The normalized spacial score (nSPS) is 12.7. The number of sulfonamides is 1. The Bertz CT molecular complexity index is 1100. The van der Waals surface area contributed by atoms with Gasteiger partial charge in [-0.05, 0) is 86.2 Å². The fourth-order valence-corrected chi connectivity index (χ4v) is 4.49. The second-order valence-corrected chi connectivity index (χ2v) is 12.3. The molecule has 2 amide bonds. The first kappa shape index (κ1) is 27.4. The van der Waals surface area contributed by atoms with Gasteiger partial charge in [0.15, 0.2) is 0 Å². The molecule has 0 aliphatic heterocycles. The van der Waals surface area contributed by atoms with Crippen molar-refractivity contribution in [2.75, 3.05) is 17.1 Å². The summed E-state index contributed by atoms with van der Waals surface area (Å²) in [6.45, 7) is 6.77. The fraction of sp³-hybridized carbons (Fsp3) is 0.391. The number of amides is 2. The molecule has 0 aliphatic carbocycles. The SMILES string of the molecule is CC(C(=O)NC(C)(C)C)N(Cc1ccccc1Cl)C(=O)CN(c1ccc(I)cc1)S(C)(=O)=O. The van der Waals surface area contributed by atoms with Crippen molar-refractivity contribution >= 4 is 61.7 Å². The Kier molecular flexibility index (Phi) is 9.17. The maximum Gasteiger partial charge on any atom is 0.244 e. The summed E-state index contributed by atoms with van der Waals surface area (Å²) in [5, 5.41) is 3.33. The highest BCUT2D eigenvalue weighted by Gasteiger charge is 2.31. The molecule has 0 fully saturated rings. The number of benzene rings is 2. The molecule has 2 rings (SSSR count). The predicted molar refractivity (Wildman–Crippen MR) is 141 cm³/mol. The van der Waals surface area contributed by atoms with E-state index in [0.29, 0.717) is 16.3 Å². The summed E-state index contributed by atoms with van der Waals surface area (Å²) in [5.41, 5.74) is 0.531. The minimum Gasteiger partial charge on any atom is -0.350 e. The predicted octanol–water partition coefficient (Wildman–Crippen LogP) is 4.04.